The zero-order chi connectivity index (χ0) is 17.4. The lowest BCUT2D eigenvalue weighted by Gasteiger charge is -2.09. The highest BCUT2D eigenvalue weighted by molar-refractivity contribution is 6.02. The molecule has 0 aliphatic rings. The summed E-state index contributed by atoms with van der Waals surface area (Å²) in [7, 11) is 0. The average molecular weight is 323 g/mol. The summed E-state index contributed by atoms with van der Waals surface area (Å²) in [4.78, 5) is 33.1. The van der Waals surface area contributed by atoms with Gasteiger partial charge in [0.05, 0.1) is 17.7 Å². The molecule has 0 atom stereocenters. The Morgan fingerprint density at radius 2 is 1.78 bits per heavy atom. The van der Waals surface area contributed by atoms with Gasteiger partial charge in [0.2, 0.25) is 0 Å². The number of aromatic carboxylic acids is 2. The van der Waals surface area contributed by atoms with E-state index in [1.54, 1.807) is 0 Å². The van der Waals surface area contributed by atoms with E-state index in [0.29, 0.717) is 18.7 Å². The first-order chi connectivity index (χ1) is 10.9. The van der Waals surface area contributed by atoms with Crippen LogP contribution in [0.5, 0.6) is 0 Å². The zero-order valence-corrected chi connectivity index (χ0v) is 12.4. The van der Waals surface area contributed by atoms with Gasteiger partial charge >= 0.3 is 17.9 Å². The number of hydrogen-bond donors (Lipinski definition) is 4. The number of anilines is 1. The molecule has 0 radical (unpaired) electrons. The number of aliphatic hydroxyl groups excluding tert-OH is 1. The molecular formula is C15H17NO7. The van der Waals surface area contributed by atoms with Gasteiger partial charge in [-0.05, 0) is 37.6 Å². The van der Waals surface area contributed by atoms with Gasteiger partial charge in [0.25, 0.3) is 0 Å². The SMILES string of the molecule is CC=C(O)C(=O)OCCCNc1ccc(C(=O)O)c(C(=O)O)c1. The molecule has 4 N–H and O–H groups in total. The van der Waals surface area contributed by atoms with E-state index < -0.39 is 23.7 Å². The summed E-state index contributed by atoms with van der Waals surface area (Å²) in [6.07, 6.45) is 1.64. The van der Waals surface area contributed by atoms with E-state index >= 15 is 0 Å². The van der Waals surface area contributed by atoms with E-state index in [2.05, 4.69) is 5.32 Å². The molecule has 0 bridgehead atoms. The number of nitrogens with one attached hydrogen (secondary N) is 1. The summed E-state index contributed by atoms with van der Waals surface area (Å²) >= 11 is 0. The summed E-state index contributed by atoms with van der Waals surface area (Å²) in [5.74, 6) is -3.92. The fraction of sp³-hybridized carbons (Fsp3) is 0.267. The first kappa shape index (κ1) is 18.0. The van der Waals surface area contributed by atoms with Gasteiger partial charge in [-0.3, -0.25) is 0 Å². The van der Waals surface area contributed by atoms with Gasteiger partial charge in [0.1, 0.15) is 0 Å². The minimum absolute atomic E-state index is 0.0722. The minimum atomic E-state index is -1.33. The topological polar surface area (TPSA) is 133 Å². The standard InChI is InChI=1S/C15H17NO7/c1-2-12(17)15(22)23-7-3-6-16-9-4-5-10(13(18)19)11(8-9)14(20)21/h2,4-5,8,16-17H,3,6-7H2,1H3,(H,18,19)(H,20,21). The molecule has 1 aromatic rings. The Kier molecular flexibility index (Phi) is 6.60. The third kappa shape index (κ3) is 5.34. The van der Waals surface area contributed by atoms with Crippen molar-refractivity contribution in [1.82, 2.24) is 0 Å². The van der Waals surface area contributed by atoms with E-state index in [9.17, 15) is 14.4 Å². The Hall–Kier alpha value is -3.03. The largest absolute Gasteiger partial charge is 0.502 e. The van der Waals surface area contributed by atoms with Gasteiger partial charge in [0.15, 0.2) is 5.76 Å². The van der Waals surface area contributed by atoms with E-state index in [4.69, 9.17) is 20.1 Å². The Labute approximate surface area is 132 Å². The minimum Gasteiger partial charge on any atom is -0.502 e. The molecule has 8 heteroatoms. The molecule has 1 rings (SSSR count). The highest BCUT2D eigenvalue weighted by Crippen LogP contribution is 2.16. The molecule has 1 aromatic carbocycles. The Morgan fingerprint density at radius 1 is 1.13 bits per heavy atom. The maximum absolute atomic E-state index is 11.1. The van der Waals surface area contributed by atoms with Crippen LogP contribution >= 0.6 is 0 Å². The third-order valence-corrected chi connectivity index (χ3v) is 2.85. The van der Waals surface area contributed by atoms with Crippen LogP contribution in [-0.4, -0.2) is 46.4 Å². The lowest BCUT2D eigenvalue weighted by Crippen LogP contribution is -2.12. The van der Waals surface area contributed by atoms with Crippen LogP contribution in [0.2, 0.25) is 0 Å². The van der Waals surface area contributed by atoms with Crippen LogP contribution in [0.4, 0.5) is 5.69 Å². The average Bonchev–Trinajstić information content (AvgIpc) is 2.52. The molecule has 0 heterocycles. The summed E-state index contributed by atoms with van der Waals surface area (Å²) in [6, 6.07) is 3.88. The molecule has 0 saturated heterocycles. The molecule has 0 aliphatic heterocycles. The normalized spacial score (nSPS) is 10.9. The van der Waals surface area contributed by atoms with Gasteiger partial charge in [-0.25, -0.2) is 14.4 Å². The Morgan fingerprint density at radius 3 is 2.35 bits per heavy atom. The van der Waals surface area contributed by atoms with E-state index in [0.717, 1.165) is 0 Å². The van der Waals surface area contributed by atoms with Gasteiger partial charge in [-0.15, -0.1) is 0 Å². The van der Waals surface area contributed by atoms with Crippen LogP contribution in [0.15, 0.2) is 30.0 Å². The van der Waals surface area contributed by atoms with Crippen molar-refractivity contribution in [3.8, 4) is 0 Å². The molecule has 0 saturated carbocycles. The third-order valence-electron chi connectivity index (χ3n) is 2.85. The van der Waals surface area contributed by atoms with Crippen LogP contribution < -0.4 is 5.32 Å². The quantitative estimate of drug-likeness (QED) is 0.247. The molecule has 8 nitrogen and oxygen atoms in total. The number of benzene rings is 1. The van der Waals surface area contributed by atoms with Crippen molar-refractivity contribution in [3.05, 3.63) is 41.2 Å². The van der Waals surface area contributed by atoms with Crippen LogP contribution in [0, 0.1) is 0 Å². The number of carboxylic acids is 2. The fourth-order valence-electron chi connectivity index (χ4n) is 1.68. The predicted octanol–water partition coefficient (Wildman–Crippen LogP) is 1.89. The molecule has 0 aromatic heterocycles. The first-order valence-electron chi connectivity index (χ1n) is 6.73. The summed E-state index contributed by atoms with van der Waals surface area (Å²) in [6.45, 7) is 1.94. The van der Waals surface area contributed by atoms with Crippen molar-refractivity contribution in [3.63, 3.8) is 0 Å². The monoisotopic (exact) mass is 323 g/mol. The van der Waals surface area contributed by atoms with Gasteiger partial charge in [-0.2, -0.15) is 0 Å². The van der Waals surface area contributed by atoms with Crippen molar-refractivity contribution in [2.45, 2.75) is 13.3 Å². The second-order valence-corrected chi connectivity index (χ2v) is 4.46. The van der Waals surface area contributed by atoms with Crippen molar-refractivity contribution < 1.29 is 34.4 Å². The van der Waals surface area contributed by atoms with Crippen LogP contribution in [0.3, 0.4) is 0 Å². The number of aliphatic hydroxyl groups is 1. The van der Waals surface area contributed by atoms with Crippen molar-refractivity contribution in [2.24, 2.45) is 0 Å². The van der Waals surface area contributed by atoms with Crippen molar-refractivity contribution in [1.29, 1.82) is 0 Å². The first-order valence-corrected chi connectivity index (χ1v) is 6.73. The maximum atomic E-state index is 11.1. The highest BCUT2D eigenvalue weighted by Gasteiger charge is 2.16. The Balaban J connectivity index is 2.53. The number of carbonyl (C=O) groups is 3. The van der Waals surface area contributed by atoms with Gasteiger partial charge in [-0.1, -0.05) is 0 Å². The van der Waals surface area contributed by atoms with Crippen LogP contribution in [-0.2, 0) is 9.53 Å². The number of esters is 1. The van der Waals surface area contributed by atoms with Crippen LogP contribution in [0.25, 0.3) is 0 Å². The molecule has 0 spiro atoms. The second kappa shape index (κ2) is 8.42. The lowest BCUT2D eigenvalue weighted by molar-refractivity contribution is -0.142. The van der Waals surface area contributed by atoms with Crippen molar-refractivity contribution >= 4 is 23.6 Å². The predicted molar refractivity (Wildman–Crippen MR) is 80.8 cm³/mol. The molecule has 23 heavy (non-hydrogen) atoms. The smallest absolute Gasteiger partial charge is 0.373 e. The number of ether oxygens (including phenoxy) is 1. The number of hydrogen-bond acceptors (Lipinski definition) is 6. The Bertz CT molecular complexity index is 637. The van der Waals surface area contributed by atoms with Crippen LogP contribution in [0.1, 0.15) is 34.1 Å². The summed E-state index contributed by atoms with van der Waals surface area (Å²) < 4.78 is 4.78. The fourth-order valence-corrected chi connectivity index (χ4v) is 1.68. The highest BCUT2D eigenvalue weighted by atomic mass is 16.5. The van der Waals surface area contributed by atoms with Gasteiger partial charge in [0, 0.05) is 12.2 Å². The summed E-state index contributed by atoms with van der Waals surface area (Å²) in [5.41, 5.74) is -0.166. The number of carboxylic acid groups (broad SMARTS) is 2. The molecule has 0 amide bonds. The van der Waals surface area contributed by atoms with E-state index in [1.165, 1.54) is 31.2 Å². The number of carbonyl (C=O) groups excluding carboxylic acids is 1. The van der Waals surface area contributed by atoms with Gasteiger partial charge < -0.3 is 25.4 Å². The molecule has 0 fully saturated rings. The van der Waals surface area contributed by atoms with E-state index in [1.807, 2.05) is 0 Å². The molecule has 0 unspecified atom stereocenters. The molecular weight excluding hydrogens is 306 g/mol. The second-order valence-electron chi connectivity index (χ2n) is 4.46. The zero-order valence-electron chi connectivity index (χ0n) is 12.4. The molecule has 0 aliphatic carbocycles. The number of allylic oxidation sites excluding steroid dienone is 1. The van der Waals surface area contributed by atoms with Crippen molar-refractivity contribution in [2.75, 3.05) is 18.5 Å². The maximum Gasteiger partial charge on any atom is 0.373 e. The summed E-state index contributed by atoms with van der Waals surface area (Å²) in [5, 5.41) is 29.9. The lowest BCUT2D eigenvalue weighted by atomic mass is 10.1. The number of rotatable bonds is 8. The van der Waals surface area contributed by atoms with E-state index in [-0.39, 0.29) is 17.7 Å². The molecule has 124 valence electrons.